The number of hydrogen-bond donors (Lipinski definition) is 1. The molecular formula is C66H114NO8+. The summed E-state index contributed by atoms with van der Waals surface area (Å²) >= 11 is 0. The second-order valence-electron chi connectivity index (χ2n) is 21.3. The molecule has 9 heteroatoms. The highest BCUT2D eigenvalue weighted by Crippen LogP contribution is 2.16. The lowest BCUT2D eigenvalue weighted by molar-refractivity contribution is -0.870. The zero-order valence-electron chi connectivity index (χ0n) is 48.9. The molecule has 0 fully saturated rings. The van der Waals surface area contributed by atoms with Crippen molar-refractivity contribution < 1.29 is 42.9 Å². The molecule has 430 valence electrons. The van der Waals surface area contributed by atoms with Gasteiger partial charge in [-0.25, -0.2) is 4.79 Å². The topological polar surface area (TPSA) is 108 Å². The number of likely N-dealkylation sites (N-methyl/N-ethyl adjacent to an activating group) is 1. The molecule has 0 heterocycles. The number of carboxylic acids is 1. The molecule has 1 N–H and O–H groups in total. The Morgan fingerprint density at radius 1 is 0.413 bits per heavy atom. The smallest absolute Gasteiger partial charge is 0.361 e. The monoisotopic (exact) mass is 1050 g/mol. The molecule has 0 aromatic carbocycles. The first kappa shape index (κ1) is 71.2. The lowest BCUT2D eigenvalue weighted by Gasteiger charge is -2.25. The first-order valence-electron chi connectivity index (χ1n) is 30.4. The van der Waals surface area contributed by atoms with Crippen LogP contribution in [-0.2, 0) is 33.3 Å². The van der Waals surface area contributed by atoms with Crippen LogP contribution in [0.5, 0.6) is 0 Å². The number of quaternary nitrogens is 1. The standard InChI is InChI=1S/C66H113NO8/c1-6-8-10-12-14-16-18-20-22-23-24-25-26-27-28-29-30-31-32-33-34-35-36-37-38-39-40-41-43-45-47-49-51-53-55-57-64(69)75-62(61-74-66(65(70)71)72-59-58-67(3,4)5)60-73-63(68)56-54-52-50-48-46-44-42-21-19-17-15-13-11-9-7-2/h8,10,14,16,20-22,24-25,27-28,30-31,33-34,42,62,66H,6-7,9,11-13,15,17-19,23,26,29,32,35-41,43-61H2,1-5H3/p+1/b10-8-,16-14-,22-20-,25-24-,28-27-,31-30-,34-33-,42-21-. The third kappa shape index (κ3) is 57.7. The Morgan fingerprint density at radius 3 is 1.15 bits per heavy atom. The lowest BCUT2D eigenvalue weighted by atomic mass is 10.0. The molecule has 0 aliphatic heterocycles. The van der Waals surface area contributed by atoms with E-state index in [0.717, 1.165) is 103 Å². The van der Waals surface area contributed by atoms with Crippen LogP contribution >= 0.6 is 0 Å². The van der Waals surface area contributed by atoms with E-state index in [-0.39, 0.29) is 38.6 Å². The van der Waals surface area contributed by atoms with Crippen LogP contribution in [0.15, 0.2) is 97.2 Å². The van der Waals surface area contributed by atoms with Gasteiger partial charge in [0.2, 0.25) is 0 Å². The highest BCUT2D eigenvalue weighted by atomic mass is 16.7. The highest BCUT2D eigenvalue weighted by Gasteiger charge is 2.25. The lowest BCUT2D eigenvalue weighted by Crippen LogP contribution is -2.40. The summed E-state index contributed by atoms with van der Waals surface area (Å²) in [5.74, 6) is -2.02. The minimum absolute atomic E-state index is 0.183. The minimum Gasteiger partial charge on any atom is -0.477 e. The zero-order valence-corrected chi connectivity index (χ0v) is 48.9. The number of aliphatic carboxylic acids is 1. The Balaban J connectivity index is 4.15. The van der Waals surface area contributed by atoms with Gasteiger partial charge in [0, 0.05) is 12.8 Å². The SMILES string of the molecule is CC/C=C\C/C=C\C/C=C\C/C=C\C/C=C\C/C=C\C/C=C\CCCCCCCCCCCCCCCC(=O)OC(COC(=O)CCCCCCC/C=C\CCCCCCCC)COC(OCC[N+](C)(C)C)C(=O)O. The molecule has 2 unspecified atom stereocenters. The first-order valence-corrected chi connectivity index (χ1v) is 30.4. The summed E-state index contributed by atoms with van der Waals surface area (Å²) in [6.07, 6.45) is 73.5. The van der Waals surface area contributed by atoms with E-state index in [1.165, 1.54) is 109 Å². The molecule has 0 radical (unpaired) electrons. The number of rotatable bonds is 55. The number of unbranched alkanes of at least 4 members (excludes halogenated alkanes) is 24. The van der Waals surface area contributed by atoms with E-state index in [9.17, 15) is 19.5 Å². The molecule has 0 saturated heterocycles. The molecule has 0 aliphatic rings. The average molecular weight is 1050 g/mol. The molecule has 9 nitrogen and oxygen atoms in total. The molecule has 0 rings (SSSR count). The van der Waals surface area contributed by atoms with Gasteiger partial charge in [-0.3, -0.25) is 9.59 Å². The normalized spacial score (nSPS) is 13.5. The van der Waals surface area contributed by atoms with Crippen molar-refractivity contribution >= 4 is 17.9 Å². The number of carbonyl (C=O) groups is 3. The van der Waals surface area contributed by atoms with Crippen LogP contribution in [0.3, 0.4) is 0 Å². The van der Waals surface area contributed by atoms with Gasteiger partial charge in [0.15, 0.2) is 6.10 Å². The van der Waals surface area contributed by atoms with Gasteiger partial charge in [0.25, 0.3) is 6.29 Å². The van der Waals surface area contributed by atoms with E-state index in [4.69, 9.17) is 18.9 Å². The van der Waals surface area contributed by atoms with E-state index >= 15 is 0 Å². The molecule has 0 aliphatic carbocycles. The number of carboxylic acid groups (broad SMARTS) is 1. The number of nitrogens with zero attached hydrogens (tertiary/aromatic N) is 1. The van der Waals surface area contributed by atoms with Crippen molar-refractivity contribution in [2.45, 2.75) is 257 Å². The largest absolute Gasteiger partial charge is 0.477 e. The van der Waals surface area contributed by atoms with Crippen molar-refractivity contribution in [2.24, 2.45) is 0 Å². The Hall–Kier alpha value is -3.79. The number of esters is 2. The molecule has 0 spiro atoms. The van der Waals surface area contributed by atoms with Gasteiger partial charge in [-0.15, -0.1) is 0 Å². The van der Waals surface area contributed by atoms with Crippen molar-refractivity contribution in [3.63, 3.8) is 0 Å². The summed E-state index contributed by atoms with van der Waals surface area (Å²) in [6, 6.07) is 0. The second-order valence-corrected chi connectivity index (χ2v) is 21.3. The number of carbonyl (C=O) groups excluding carboxylic acids is 2. The van der Waals surface area contributed by atoms with Crippen LogP contribution in [0, 0.1) is 0 Å². The summed E-state index contributed by atoms with van der Waals surface area (Å²) < 4.78 is 22.9. The van der Waals surface area contributed by atoms with Crippen LogP contribution < -0.4 is 0 Å². The fraction of sp³-hybridized carbons (Fsp3) is 0.712. The van der Waals surface area contributed by atoms with E-state index < -0.39 is 24.3 Å². The Morgan fingerprint density at radius 2 is 0.760 bits per heavy atom. The molecule has 0 saturated carbocycles. The molecular weight excluding hydrogens is 935 g/mol. The van der Waals surface area contributed by atoms with Gasteiger partial charge in [-0.1, -0.05) is 233 Å². The molecule has 0 amide bonds. The summed E-state index contributed by atoms with van der Waals surface area (Å²) in [5.41, 5.74) is 0. The first-order chi connectivity index (χ1) is 36.6. The third-order valence-electron chi connectivity index (χ3n) is 12.8. The highest BCUT2D eigenvalue weighted by molar-refractivity contribution is 5.71. The average Bonchev–Trinajstić information content (AvgIpc) is 3.38. The Bertz CT molecular complexity index is 1550. The maximum Gasteiger partial charge on any atom is 0.361 e. The van der Waals surface area contributed by atoms with E-state index in [1.54, 1.807) is 0 Å². The molecule has 75 heavy (non-hydrogen) atoms. The second kappa shape index (κ2) is 56.4. The van der Waals surface area contributed by atoms with Gasteiger partial charge in [0.1, 0.15) is 13.2 Å². The fourth-order valence-corrected chi connectivity index (χ4v) is 8.16. The summed E-state index contributed by atoms with van der Waals surface area (Å²) in [6.45, 7) is 4.75. The van der Waals surface area contributed by atoms with Crippen LogP contribution in [0.4, 0.5) is 0 Å². The fourth-order valence-electron chi connectivity index (χ4n) is 8.16. The van der Waals surface area contributed by atoms with Crippen LogP contribution in [0.25, 0.3) is 0 Å². The van der Waals surface area contributed by atoms with E-state index in [1.807, 2.05) is 21.1 Å². The van der Waals surface area contributed by atoms with Crippen molar-refractivity contribution in [1.82, 2.24) is 0 Å². The summed E-state index contributed by atoms with van der Waals surface area (Å²) in [7, 11) is 5.96. The van der Waals surface area contributed by atoms with Crippen molar-refractivity contribution in [3.8, 4) is 0 Å². The Labute approximate surface area is 461 Å². The quantitative estimate of drug-likeness (QED) is 0.0211. The number of allylic oxidation sites excluding steroid dienone is 16. The Kier molecular flexibility index (Phi) is 53.6. The van der Waals surface area contributed by atoms with Gasteiger partial charge >= 0.3 is 17.9 Å². The van der Waals surface area contributed by atoms with Crippen LogP contribution in [-0.4, -0.2) is 87.4 Å². The summed E-state index contributed by atoms with van der Waals surface area (Å²) in [5, 5.41) is 9.70. The molecule has 0 bridgehead atoms. The predicted octanol–water partition coefficient (Wildman–Crippen LogP) is 18.1. The molecule has 0 aromatic heterocycles. The van der Waals surface area contributed by atoms with Gasteiger partial charge in [-0.2, -0.15) is 0 Å². The van der Waals surface area contributed by atoms with Crippen LogP contribution in [0.2, 0.25) is 0 Å². The third-order valence-corrected chi connectivity index (χ3v) is 12.8. The van der Waals surface area contributed by atoms with E-state index in [2.05, 4.69) is 111 Å². The van der Waals surface area contributed by atoms with Gasteiger partial charge in [-0.05, 0) is 96.3 Å². The van der Waals surface area contributed by atoms with Crippen LogP contribution in [0.1, 0.15) is 245 Å². The molecule has 0 aromatic rings. The zero-order chi connectivity index (χ0) is 54.8. The van der Waals surface area contributed by atoms with Gasteiger partial charge in [0.05, 0.1) is 34.4 Å². The van der Waals surface area contributed by atoms with E-state index in [0.29, 0.717) is 17.4 Å². The van der Waals surface area contributed by atoms with Crippen molar-refractivity contribution in [3.05, 3.63) is 97.2 Å². The maximum absolute atomic E-state index is 12.9. The summed E-state index contributed by atoms with van der Waals surface area (Å²) in [4.78, 5) is 37.4. The number of ether oxygens (including phenoxy) is 4. The van der Waals surface area contributed by atoms with Gasteiger partial charge < -0.3 is 28.5 Å². The maximum atomic E-state index is 12.9. The van der Waals surface area contributed by atoms with Crippen molar-refractivity contribution in [2.75, 3.05) is 47.5 Å². The minimum atomic E-state index is -1.52. The predicted molar refractivity (Wildman–Crippen MR) is 318 cm³/mol. The number of hydrogen-bond acceptors (Lipinski definition) is 7. The van der Waals surface area contributed by atoms with Crippen molar-refractivity contribution in [1.29, 1.82) is 0 Å². The molecule has 2 atom stereocenters.